The van der Waals surface area contributed by atoms with Gasteiger partial charge in [-0.15, -0.1) is 0 Å². The van der Waals surface area contributed by atoms with Crippen LogP contribution < -0.4 is 14.7 Å². The highest BCUT2D eigenvalue weighted by Crippen LogP contribution is 2.37. The maximum absolute atomic E-state index is 12.3. The van der Waals surface area contributed by atoms with Crippen LogP contribution >= 0.6 is 0 Å². The Morgan fingerprint density at radius 2 is 1.82 bits per heavy atom. The average molecular weight is 502 g/mol. The van der Waals surface area contributed by atoms with Crippen LogP contribution in [-0.2, 0) is 32.5 Å². The van der Waals surface area contributed by atoms with E-state index in [0.29, 0.717) is 17.9 Å². The second kappa shape index (κ2) is 11.1. The molecule has 7 nitrogen and oxygen atoms in total. The van der Waals surface area contributed by atoms with Gasteiger partial charge >= 0.3 is 22.3 Å². The fraction of sp³-hybridized carbons (Fsp3) is 0.435. The van der Waals surface area contributed by atoms with E-state index in [1.54, 1.807) is 12.1 Å². The predicted molar refractivity (Wildman–Crippen MR) is 118 cm³/mol. The first-order chi connectivity index (χ1) is 16.0. The van der Waals surface area contributed by atoms with Crippen LogP contribution in [0.25, 0.3) is 0 Å². The van der Waals surface area contributed by atoms with E-state index in [0.717, 1.165) is 17.5 Å². The van der Waals surface area contributed by atoms with Gasteiger partial charge in [0.05, 0.1) is 18.8 Å². The molecule has 1 aliphatic rings. The van der Waals surface area contributed by atoms with Gasteiger partial charge in [-0.3, -0.25) is 4.79 Å². The minimum atomic E-state index is -4.43. The Bertz CT molecular complexity index is 1100. The van der Waals surface area contributed by atoms with Crippen molar-refractivity contribution in [3.05, 3.63) is 53.6 Å². The van der Waals surface area contributed by atoms with E-state index in [1.807, 2.05) is 12.1 Å². The van der Waals surface area contributed by atoms with Crippen molar-refractivity contribution >= 4 is 16.1 Å². The largest absolute Gasteiger partial charge is 0.465 e. The quantitative estimate of drug-likeness (QED) is 0.365. The van der Waals surface area contributed by atoms with E-state index in [4.69, 9.17) is 19.4 Å². The Morgan fingerprint density at radius 3 is 2.56 bits per heavy atom. The van der Waals surface area contributed by atoms with E-state index >= 15 is 0 Å². The summed E-state index contributed by atoms with van der Waals surface area (Å²) in [6, 6.07) is 11.5. The van der Waals surface area contributed by atoms with E-state index < -0.39 is 34.9 Å². The van der Waals surface area contributed by atoms with Gasteiger partial charge in [0.25, 0.3) is 0 Å². The number of carbonyl (C=O) groups is 1. The van der Waals surface area contributed by atoms with Gasteiger partial charge in [0.1, 0.15) is 17.2 Å². The zero-order chi connectivity index (χ0) is 24.8. The molecule has 0 spiro atoms. The van der Waals surface area contributed by atoms with Gasteiger partial charge in [0, 0.05) is 24.9 Å². The van der Waals surface area contributed by atoms with Crippen molar-refractivity contribution in [1.82, 2.24) is 0 Å². The smallest absolute Gasteiger partial charge is 0.389 e. The van der Waals surface area contributed by atoms with Crippen LogP contribution in [0.2, 0.25) is 0 Å². The van der Waals surface area contributed by atoms with Gasteiger partial charge < -0.3 is 19.4 Å². The van der Waals surface area contributed by atoms with Crippen LogP contribution in [0.1, 0.15) is 30.4 Å². The highest BCUT2D eigenvalue weighted by Gasteiger charge is 2.28. The molecule has 0 heterocycles. The van der Waals surface area contributed by atoms with Gasteiger partial charge in [-0.25, -0.2) is 0 Å². The fourth-order valence-electron chi connectivity index (χ4n) is 3.67. The van der Waals surface area contributed by atoms with Gasteiger partial charge in [0.2, 0.25) is 0 Å². The molecule has 0 aromatic heterocycles. The number of rotatable bonds is 11. The number of alkyl halides is 3. The molecule has 1 atom stereocenters. The fourth-order valence-corrected chi connectivity index (χ4v) is 4.65. The molecule has 2 aromatic rings. The standard InChI is InChI=1S/C23H26F3NO6S/c24-23(25,26)9-3-11-34(29,30)33-19-6-2-5-18(14-19)32-21-7-1-4-17-12-16(13-20(17)21)15-31-22(28)8-10-27/h1-2,4-7,14,16H,3,8-13,15,27H2/t16-/m0/s1. The maximum atomic E-state index is 12.3. The summed E-state index contributed by atoms with van der Waals surface area (Å²) < 4.78 is 77.0. The summed E-state index contributed by atoms with van der Waals surface area (Å²) in [6.45, 7) is 0.516. The third kappa shape index (κ3) is 7.91. The summed E-state index contributed by atoms with van der Waals surface area (Å²) in [4.78, 5) is 11.6. The molecule has 0 saturated heterocycles. The molecule has 3 rings (SSSR count). The van der Waals surface area contributed by atoms with Crippen LogP contribution in [0, 0.1) is 5.92 Å². The van der Waals surface area contributed by atoms with Crippen molar-refractivity contribution in [2.24, 2.45) is 11.7 Å². The number of nitrogens with two attached hydrogens (primary N) is 1. The number of ether oxygens (including phenoxy) is 2. The van der Waals surface area contributed by atoms with Gasteiger partial charge in [-0.05, 0) is 48.6 Å². The van der Waals surface area contributed by atoms with Crippen molar-refractivity contribution in [3.8, 4) is 17.2 Å². The van der Waals surface area contributed by atoms with E-state index in [9.17, 15) is 26.4 Å². The summed E-state index contributed by atoms with van der Waals surface area (Å²) in [5.74, 6) is -0.131. The SMILES string of the molecule is NCCC(=O)OC[C@H]1Cc2cccc(Oc3cccc(OS(=O)(=O)CCCC(F)(F)F)c3)c2C1. The molecule has 0 aliphatic heterocycles. The van der Waals surface area contributed by atoms with Crippen LogP contribution in [0.3, 0.4) is 0 Å². The number of esters is 1. The third-order valence-electron chi connectivity index (χ3n) is 5.17. The number of fused-ring (bicyclic) bond motifs is 1. The topological polar surface area (TPSA) is 105 Å². The van der Waals surface area contributed by atoms with Gasteiger partial charge in [0.15, 0.2) is 0 Å². The molecule has 0 bridgehead atoms. The maximum Gasteiger partial charge on any atom is 0.389 e. The predicted octanol–water partition coefficient (Wildman–Crippen LogP) is 4.14. The molecular formula is C23H26F3NO6S. The molecule has 186 valence electrons. The molecule has 1 aliphatic carbocycles. The van der Waals surface area contributed by atoms with Crippen LogP contribution in [0.5, 0.6) is 17.2 Å². The first kappa shape index (κ1) is 25.8. The molecule has 0 unspecified atom stereocenters. The normalized spacial score (nSPS) is 15.6. The zero-order valence-corrected chi connectivity index (χ0v) is 19.2. The summed E-state index contributed by atoms with van der Waals surface area (Å²) >= 11 is 0. The minimum absolute atomic E-state index is 0.0539. The lowest BCUT2D eigenvalue weighted by molar-refractivity contribution is -0.144. The Balaban J connectivity index is 1.62. The summed E-state index contributed by atoms with van der Waals surface area (Å²) in [7, 11) is -4.19. The Morgan fingerprint density at radius 1 is 1.09 bits per heavy atom. The monoisotopic (exact) mass is 501 g/mol. The van der Waals surface area contributed by atoms with Crippen molar-refractivity contribution in [3.63, 3.8) is 0 Å². The highest BCUT2D eigenvalue weighted by molar-refractivity contribution is 7.87. The molecule has 34 heavy (non-hydrogen) atoms. The first-order valence-corrected chi connectivity index (χ1v) is 12.4. The van der Waals surface area contributed by atoms with E-state index in [2.05, 4.69) is 0 Å². The second-order valence-electron chi connectivity index (χ2n) is 8.03. The number of hydrogen-bond acceptors (Lipinski definition) is 7. The average Bonchev–Trinajstić information content (AvgIpc) is 3.15. The number of halogens is 3. The number of benzene rings is 2. The summed E-state index contributed by atoms with van der Waals surface area (Å²) in [5, 5.41) is 0. The Kier molecular flexibility index (Phi) is 8.42. The number of hydrogen-bond donors (Lipinski definition) is 1. The van der Waals surface area contributed by atoms with E-state index in [1.165, 1.54) is 18.2 Å². The summed E-state index contributed by atoms with van der Waals surface area (Å²) in [5.41, 5.74) is 7.39. The van der Waals surface area contributed by atoms with Crippen molar-refractivity contribution < 1.29 is 40.0 Å². The molecule has 0 saturated carbocycles. The Hall–Kier alpha value is -2.79. The lowest BCUT2D eigenvalue weighted by Crippen LogP contribution is -2.17. The van der Waals surface area contributed by atoms with Crippen molar-refractivity contribution in [2.45, 2.75) is 38.3 Å². The van der Waals surface area contributed by atoms with Gasteiger partial charge in [-0.1, -0.05) is 18.2 Å². The lowest BCUT2D eigenvalue weighted by Gasteiger charge is -2.13. The highest BCUT2D eigenvalue weighted by atomic mass is 32.2. The number of carbonyl (C=O) groups excluding carboxylic acids is 1. The third-order valence-corrected chi connectivity index (χ3v) is 6.41. The van der Waals surface area contributed by atoms with Crippen LogP contribution in [-0.4, -0.2) is 39.5 Å². The molecule has 0 fully saturated rings. The van der Waals surface area contributed by atoms with E-state index in [-0.39, 0.29) is 37.2 Å². The molecule has 0 radical (unpaired) electrons. The summed E-state index contributed by atoms with van der Waals surface area (Å²) in [6.07, 6.45) is -4.67. The molecule has 0 amide bonds. The van der Waals surface area contributed by atoms with Crippen LogP contribution in [0.15, 0.2) is 42.5 Å². The first-order valence-electron chi connectivity index (χ1n) is 10.8. The Labute approximate surface area is 196 Å². The molecule has 2 aromatic carbocycles. The van der Waals surface area contributed by atoms with Crippen molar-refractivity contribution in [1.29, 1.82) is 0 Å². The zero-order valence-electron chi connectivity index (χ0n) is 18.3. The lowest BCUT2D eigenvalue weighted by atomic mass is 10.1. The van der Waals surface area contributed by atoms with Crippen LogP contribution in [0.4, 0.5) is 13.2 Å². The van der Waals surface area contributed by atoms with Gasteiger partial charge in [-0.2, -0.15) is 21.6 Å². The molecule has 11 heteroatoms. The molecule has 2 N–H and O–H groups in total. The van der Waals surface area contributed by atoms with Crippen molar-refractivity contribution in [2.75, 3.05) is 18.9 Å². The minimum Gasteiger partial charge on any atom is -0.465 e. The second-order valence-corrected chi connectivity index (χ2v) is 9.72. The molecular weight excluding hydrogens is 475 g/mol.